The summed E-state index contributed by atoms with van der Waals surface area (Å²) in [4.78, 5) is 69.1. The van der Waals surface area contributed by atoms with Gasteiger partial charge in [-0.1, -0.05) is 29.3 Å². The van der Waals surface area contributed by atoms with Crippen molar-refractivity contribution in [2.24, 2.45) is 0 Å². The maximum absolute atomic E-state index is 12.8. The number of nitrogens with one attached hydrogen (secondary N) is 2. The first-order valence-corrected chi connectivity index (χ1v) is 12.3. The molecule has 0 unspecified atom stereocenters. The third-order valence-electron chi connectivity index (χ3n) is 5.52. The molecule has 0 bridgehead atoms. The number of hydrogen-bond donors (Lipinski definition) is 2. The Bertz CT molecular complexity index is 1070. The molecule has 37 heavy (non-hydrogen) atoms. The molecule has 2 aliphatic rings. The predicted molar refractivity (Wildman–Crippen MR) is 137 cm³/mol. The summed E-state index contributed by atoms with van der Waals surface area (Å²) in [6, 6.07) is 3.25. The number of urea groups is 1. The van der Waals surface area contributed by atoms with E-state index in [0.717, 1.165) is 16.3 Å². The molecule has 0 aromatic heterocycles. The summed E-state index contributed by atoms with van der Waals surface area (Å²) in [6.07, 6.45) is 5.59. The molecule has 1 aromatic carbocycles. The molecule has 0 aliphatic carbocycles. The molecule has 2 atom stereocenters. The van der Waals surface area contributed by atoms with Crippen molar-refractivity contribution in [3.05, 3.63) is 39.9 Å². The van der Waals surface area contributed by atoms with Gasteiger partial charge >= 0.3 is 6.03 Å². The van der Waals surface area contributed by atoms with E-state index in [1.165, 1.54) is 24.1 Å². The summed E-state index contributed by atoms with van der Waals surface area (Å²) < 4.78 is 0. The van der Waals surface area contributed by atoms with Crippen LogP contribution in [0.2, 0.25) is 10.0 Å². The normalized spacial score (nSPS) is 18.4. The topological polar surface area (TPSA) is 136 Å². The van der Waals surface area contributed by atoms with Crippen LogP contribution in [-0.2, 0) is 24.0 Å². The number of Topliss-reactive ketones (excluding diaryl/α,β-unsaturated/α-hetero) is 1. The van der Waals surface area contributed by atoms with Crippen LogP contribution in [0.15, 0.2) is 24.3 Å². The van der Waals surface area contributed by atoms with Crippen LogP contribution in [0, 0.1) is 0 Å². The van der Waals surface area contributed by atoms with Crippen LogP contribution in [0.4, 0.5) is 4.79 Å². The highest BCUT2D eigenvalue weighted by atomic mass is 35.5. The molecule has 4 amide bonds. The van der Waals surface area contributed by atoms with Gasteiger partial charge < -0.3 is 14.9 Å². The summed E-state index contributed by atoms with van der Waals surface area (Å²) in [5.74, 6) is -0.788. The Kier molecular flexibility index (Phi) is 11.7. The highest BCUT2D eigenvalue weighted by Gasteiger charge is 2.40. The number of nitrogens with zero attached hydrogens (tertiary/aromatic N) is 3. The Morgan fingerprint density at radius 2 is 1.89 bits per heavy atom. The number of amides is 4. The number of hydrogen-bond acceptors (Lipinski definition) is 7. The first-order valence-electron chi connectivity index (χ1n) is 11.5. The number of hydrazine groups is 2. The highest BCUT2D eigenvalue weighted by molar-refractivity contribution is 6.42. The summed E-state index contributed by atoms with van der Waals surface area (Å²) in [6.45, 7) is 1.85. The lowest BCUT2D eigenvalue weighted by Crippen LogP contribution is -2.61. The fourth-order valence-corrected chi connectivity index (χ4v) is 3.93. The van der Waals surface area contributed by atoms with Crippen LogP contribution in [0.1, 0.15) is 38.2 Å². The van der Waals surface area contributed by atoms with Gasteiger partial charge in [-0.25, -0.2) is 19.8 Å². The van der Waals surface area contributed by atoms with E-state index in [-0.39, 0.29) is 30.7 Å². The maximum Gasteiger partial charge on any atom is 0.358 e. The van der Waals surface area contributed by atoms with Crippen LogP contribution in [0.5, 0.6) is 0 Å². The van der Waals surface area contributed by atoms with Crippen LogP contribution < -0.4 is 10.7 Å². The fraction of sp³-hybridized carbons (Fsp3) is 0.417. The maximum atomic E-state index is 12.8. The average molecular weight is 554 g/mol. The summed E-state index contributed by atoms with van der Waals surface area (Å²) >= 11 is 11.8. The van der Waals surface area contributed by atoms with Gasteiger partial charge in [0.1, 0.15) is 24.4 Å². The van der Waals surface area contributed by atoms with Crippen LogP contribution in [0.25, 0.3) is 6.08 Å². The van der Waals surface area contributed by atoms with E-state index in [1.807, 2.05) is 0 Å². The molecule has 2 heterocycles. The third kappa shape index (κ3) is 8.66. The highest BCUT2D eigenvalue weighted by Crippen LogP contribution is 2.24. The second-order valence-electron chi connectivity index (χ2n) is 8.31. The fourth-order valence-electron chi connectivity index (χ4n) is 3.62. The molecule has 0 saturated carbocycles. The minimum absolute atomic E-state index is 0.0165. The van der Waals surface area contributed by atoms with Gasteiger partial charge in [0.25, 0.3) is 5.91 Å². The summed E-state index contributed by atoms with van der Waals surface area (Å²) in [7, 11) is 1.65. The number of halogens is 2. The Morgan fingerprint density at radius 1 is 1.16 bits per heavy atom. The monoisotopic (exact) mass is 553 g/mol. The Balaban J connectivity index is 0.000000458. The average Bonchev–Trinajstić information content (AvgIpc) is 3.00. The van der Waals surface area contributed by atoms with E-state index in [4.69, 9.17) is 23.2 Å². The van der Waals surface area contributed by atoms with Crippen molar-refractivity contribution >= 4 is 65.5 Å². The lowest BCUT2D eigenvalue weighted by Gasteiger charge is -2.41. The molecule has 0 radical (unpaired) electrons. The van der Waals surface area contributed by atoms with Crippen molar-refractivity contribution in [1.82, 2.24) is 25.8 Å². The minimum atomic E-state index is -0.727. The standard InChI is InChI=1S/C18H18Cl2N4O4.C6H11NO2/c19-14-5-3-12(10-15(14)20)4-6-16(26)21-22-9-7-17(27)23-8-1-2-13(11-25)24(23)18(22)28;1-5(9)3-6(4-8)7-2/h3-6,10-11,13H,1-2,7-9H2,(H,21,26);4,6-7H,3H2,1-2H3/b6-4+;/t13-;6-/m00/s1. The van der Waals surface area contributed by atoms with E-state index in [2.05, 4.69) is 10.7 Å². The zero-order chi connectivity index (χ0) is 27.5. The summed E-state index contributed by atoms with van der Waals surface area (Å²) in [5, 5.41) is 6.94. The van der Waals surface area contributed by atoms with E-state index >= 15 is 0 Å². The molecule has 2 saturated heterocycles. The van der Waals surface area contributed by atoms with Gasteiger partial charge in [-0.3, -0.25) is 19.8 Å². The first kappa shape index (κ1) is 29.9. The van der Waals surface area contributed by atoms with Crippen molar-refractivity contribution < 1.29 is 28.8 Å². The van der Waals surface area contributed by atoms with Crippen LogP contribution in [-0.4, -0.2) is 83.4 Å². The van der Waals surface area contributed by atoms with Crippen molar-refractivity contribution in [1.29, 1.82) is 0 Å². The number of ketones is 1. The predicted octanol–water partition coefficient (Wildman–Crippen LogP) is 2.02. The second kappa shape index (κ2) is 14.5. The van der Waals surface area contributed by atoms with Crippen molar-refractivity contribution in [3.8, 4) is 0 Å². The molecule has 1 aromatic rings. The number of carbonyl (C=O) groups excluding carboxylic acids is 6. The third-order valence-corrected chi connectivity index (χ3v) is 6.26. The van der Waals surface area contributed by atoms with Crippen molar-refractivity contribution in [3.63, 3.8) is 0 Å². The van der Waals surface area contributed by atoms with Gasteiger partial charge in [0.15, 0.2) is 0 Å². The molecular formula is C24H29Cl2N5O6. The lowest BCUT2D eigenvalue weighted by molar-refractivity contribution is -0.151. The van der Waals surface area contributed by atoms with E-state index in [0.29, 0.717) is 47.7 Å². The zero-order valence-corrected chi connectivity index (χ0v) is 22.0. The Hall–Kier alpha value is -3.28. The smallest absolute Gasteiger partial charge is 0.310 e. The van der Waals surface area contributed by atoms with E-state index < -0.39 is 18.0 Å². The second-order valence-corrected chi connectivity index (χ2v) is 9.13. The quantitative estimate of drug-likeness (QED) is 0.371. The molecule has 0 spiro atoms. The summed E-state index contributed by atoms with van der Waals surface area (Å²) in [5.41, 5.74) is 3.12. The minimum Gasteiger partial charge on any atom is -0.310 e. The van der Waals surface area contributed by atoms with Gasteiger partial charge in [-0.2, -0.15) is 0 Å². The molecule has 11 nitrogen and oxygen atoms in total. The molecule has 200 valence electrons. The Morgan fingerprint density at radius 3 is 2.46 bits per heavy atom. The first-order chi connectivity index (χ1) is 17.6. The van der Waals surface area contributed by atoms with Gasteiger partial charge in [0.05, 0.1) is 22.6 Å². The molecule has 2 aliphatic heterocycles. The van der Waals surface area contributed by atoms with Crippen LogP contribution in [0.3, 0.4) is 0 Å². The number of aldehydes is 2. The van der Waals surface area contributed by atoms with Crippen molar-refractivity contribution in [2.75, 3.05) is 20.1 Å². The van der Waals surface area contributed by atoms with Gasteiger partial charge in [-0.05, 0) is 50.6 Å². The molecule has 2 fully saturated rings. The molecule has 3 rings (SSSR count). The van der Waals surface area contributed by atoms with Crippen molar-refractivity contribution in [2.45, 2.75) is 44.7 Å². The Labute approximate surface area is 224 Å². The molecule has 13 heteroatoms. The number of likely N-dealkylation sites (N-methyl/N-ethyl adjacent to an activating group) is 1. The van der Waals surface area contributed by atoms with E-state index in [1.54, 1.807) is 25.2 Å². The number of fused-ring (bicyclic) bond motifs is 1. The molecular weight excluding hydrogens is 525 g/mol. The number of carbonyl (C=O) groups is 6. The molecule has 2 N–H and O–H groups in total. The van der Waals surface area contributed by atoms with Gasteiger partial charge in [0.2, 0.25) is 5.91 Å². The van der Waals surface area contributed by atoms with Gasteiger partial charge in [0, 0.05) is 25.5 Å². The number of rotatable bonds is 8. The number of benzene rings is 1. The van der Waals surface area contributed by atoms with Crippen LogP contribution >= 0.6 is 23.2 Å². The SMILES string of the molecule is CN[C@H](C=O)CC(C)=O.O=C[C@@H]1CCCN2C(=O)CCN(NC(=O)/C=C/c3ccc(Cl)c(Cl)c3)C(=O)N12. The van der Waals surface area contributed by atoms with Gasteiger partial charge in [-0.15, -0.1) is 0 Å². The zero-order valence-electron chi connectivity index (χ0n) is 20.5. The largest absolute Gasteiger partial charge is 0.358 e. The lowest BCUT2D eigenvalue weighted by atomic mass is 10.1. The van der Waals surface area contributed by atoms with E-state index in [9.17, 15) is 28.8 Å².